The number of nitrogens with zero attached hydrogens (tertiary/aromatic N) is 1. The van der Waals surface area contributed by atoms with Crippen molar-refractivity contribution in [2.24, 2.45) is 5.73 Å². The number of carbonyl (C=O) groups is 1. The molecule has 1 unspecified atom stereocenters. The molecule has 0 radical (unpaired) electrons. The first-order valence-corrected chi connectivity index (χ1v) is 7.74. The van der Waals surface area contributed by atoms with Gasteiger partial charge in [-0.05, 0) is 0 Å². The average Bonchev–Trinajstić information content (AvgIpc) is 2.76. The molecule has 0 bridgehead atoms. The zero-order valence-electron chi connectivity index (χ0n) is 11.2. The summed E-state index contributed by atoms with van der Waals surface area (Å²) in [5.41, 5.74) is 6.85. The molecule has 0 saturated carbocycles. The first-order chi connectivity index (χ1) is 8.34. The Labute approximate surface area is 116 Å². The summed E-state index contributed by atoms with van der Waals surface area (Å²) < 4.78 is 4.57. The standard InChI is InChI=1S/C12H20N2O2S2/c1-12(2,3)9-6-18-10(14-9)7-17-5-8(13)11(15)16-4/h6,8H,5,7,13H2,1-4H3. The molecule has 1 aromatic heterocycles. The molecule has 102 valence electrons. The number of rotatable bonds is 5. The Bertz CT molecular complexity index is 399. The van der Waals surface area contributed by atoms with Crippen molar-refractivity contribution in [3.8, 4) is 0 Å². The Morgan fingerprint density at radius 2 is 2.28 bits per heavy atom. The van der Waals surface area contributed by atoms with Crippen molar-refractivity contribution < 1.29 is 9.53 Å². The maximum Gasteiger partial charge on any atom is 0.323 e. The summed E-state index contributed by atoms with van der Waals surface area (Å²) in [5, 5.41) is 3.16. The van der Waals surface area contributed by atoms with E-state index in [1.165, 1.54) is 7.11 Å². The molecule has 6 heteroatoms. The van der Waals surface area contributed by atoms with Gasteiger partial charge in [-0.1, -0.05) is 20.8 Å². The number of hydrogen-bond donors (Lipinski definition) is 1. The van der Waals surface area contributed by atoms with Crippen LogP contribution < -0.4 is 5.73 Å². The van der Waals surface area contributed by atoms with Crippen LogP contribution in [0.3, 0.4) is 0 Å². The second-order valence-electron chi connectivity index (χ2n) is 5.02. The van der Waals surface area contributed by atoms with Gasteiger partial charge in [0.15, 0.2) is 0 Å². The number of nitrogens with two attached hydrogens (primary N) is 1. The van der Waals surface area contributed by atoms with Crippen molar-refractivity contribution >= 4 is 29.1 Å². The van der Waals surface area contributed by atoms with Crippen molar-refractivity contribution in [2.75, 3.05) is 12.9 Å². The Hall–Kier alpha value is -0.590. The summed E-state index contributed by atoms with van der Waals surface area (Å²) in [7, 11) is 1.35. The second kappa shape index (κ2) is 6.54. The van der Waals surface area contributed by atoms with Crippen LogP contribution >= 0.6 is 23.1 Å². The van der Waals surface area contributed by atoms with Crippen LogP contribution in [0, 0.1) is 0 Å². The number of carbonyl (C=O) groups excluding carboxylic acids is 1. The van der Waals surface area contributed by atoms with E-state index >= 15 is 0 Å². The molecule has 18 heavy (non-hydrogen) atoms. The van der Waals surface area contributed by atoms with Crippen molar-refractivity contribution in [2.45, 2.75) is 38.0 Å². The fourth-order valence-corrected chi connectivity index (χ4v) is 3.29. The van der Waals surface area contributed by atoms with Gasteiger partial charge >= 0.3 is 5.97 Å². The van der Waals surface area contributed by atoms with E-state index in [0.29, 0.717) is 5.75 Å². The van der Waals surface area contributed by atoms with E-state index in [0.717, 1.165) is 16.5 Å². The van der Waals surface area contributed by atoms with Crippen LogP contribution in [0.1, 0.15) is 31.5 Å². The summed E-state index contributed by atoms with van der Waals surface area (Å²) in [4.78, 5) is 15.7. The molecule has 0 aliphatic rings. The zero-order valence-corrected chi connectivity index (χ0v) is 12.9. The highest BCUT2D eigenvalue weighted by Gasteiger charge is 2.18. The van der Waals surface area contributed by atoms with Gasteiger partial charge < -0.3 is 10.5 Å². The molecule has 0 fully saturated rings. The number of aromatic nitrogens is 1. The summed E-state index contributed by atoms with van der Waals surface area (Å²) in [5.74, 6) is 0.972. The second-order valence-corrected chi connectivity index (χ2v) is 6.99. The van der Waals surface area contributed by atoms with E-state index in [1.54, 1.807) is 23.1 Å². The van der Waals surface area contributed by atoms with Crippen LogP contribution in [0.4, 0.5) is 0 Å². The molecule has 0 spiro atoms. The minimum absolute atomic E-state index is 0.0852. The first kappa shape index (κ1) is 15.5. The van der Waals surface area contributed by atoms with E-state index in [-0.39, 0.29) is 11.4 Å². The van der Waals surface area contributed by atoms with E-state index in [4.69, 9.17) is 5.73 Å². The highest BCUT2D eigenvalue weighted by molar-refractivity contribution is 7.98. The van der Waals surface area contributed by atoms with Crippen LogP contribution in [-0.2, 0) is 20.7 Å². The summed E-state index contributed by atoms with van der Waals surface area (Å²) in [6.07, 6.45) is 0. The van der Waals surface area contributed by atoms with Crippen LogP contribution in [0.2, 0.25) is 0 Å². The summed E-state index contributed by atoms with van der Waals surface area (Å²) in [6, 6.07) is -0.554. The fourth-order valence-electron chi connectivity index (χ4n) is 1.21. The molecule has 1 heterocycles. The highest BCUT2D eigenvalue weighted by Crippen LogP contribution is 2.25. The number of methoxy groups -OCH3 is 1. The number of ether oxygens (including phenoxy) is 1. The smallest absolute Gasteiger partial charge is 0.323 e. The number of thioether (sulfide) groups is 1. The number of esters is 1. The molecule has 1 atom stereocenters. The summed E-state index contributed by atoms with van der Waals surface area (Å²) >= 11 is 3.26. The van der Waals surface area contributed by atoms with E-state index in [2.05, 4.69) is 35.9 Å². The van der Waals surface area contributed by atoms with E-state index in [1.807, 2.05) is 0 Å². The van der Waals surface area contributed by atoms with Crippen LogP contribution in [0.5, 0.6) is 0 Å². The average molecular weight is 288 g/mol. The van der Waals surface area contributed by atoms with Gasteiger partial charge in [-0.25, -0.2) is 4.98 Å². The minimum atomic E-state index is -0.554. The highest BCUT2D eigenvalue weighted by atomic mass is 32.2. The summed E-state index contributed by atoms with van der Waals surface area (Å²) in [6.45, 7) is 6.43. The maximum absolute atomic E-state index is 11.1. The molecule has 0 aliphatic carbocycles. The van der Waals surface area contributed by atoms with E-state index in [9.17, 15) is 4.79 Å². The third-order valence-corrected chi connectivity index (χ3v) is 4.45. The number of hydrogen-bond acceptors (Lipinski definition) is 6. The molecular weight excluding hydrogens is 268 g/mol. The van der Waals surface area contributed by atoms with Crippen LogP contribution in [0.15, 0.2) is 5.38 Å². The number of thiazole rings is 1. The topological polar surface area (TPSA) is 65.2 Å². The monoisotopic (exact) mass is 288 g/mol. The molecule has 0 amide bonds. The minimum Gasteiger partial charge on any atom is -0.468 e. The molecule has 0 aromatic carbocycles. The lowest BCUT2D eigenvalue weighted by atomic mass is 9.93. The van der Waals surface area contributed by atoms with Crippen molar-refractivity contribution in [1.29, 1.82) is 0 Å². The molecule has 0 saturated heterocycles. The van der Waals surface area contributed by atoms with Crippen molar-refractivity contribution in [3.05, 3.63) is 16.1 Å². The predicted octanol–water partition coefficient (Wildman–Crippen LogP) is 2.17. The molecule has 2 N–H and O–H groups in total. The third kappa shape index (κ3) is 4.59. The Morgan fingerprint density at radius 3 is 2.78 bits per heavy atom. The molecule has 1 rings (SSSR count). The maximum atomic E-state index is 11.1. The van der Waals surface area contributed by atoms with Gasteiger partial charge in [-0.2, -0.15) is 11.8 Å². The van der Waals surface area contributed by atoms with Gasteiger partial charge in [0.2, 0.25) is 0 Å². The van der Waals surface area contributed by atoms with Gasteiger partial charge in [-0.3, -0.25) is 4.79 Å². The lowest BCUT2D eigenvalue weighted by Crippen LogP contribution is -2.33. The fraction of sp³-hybridized carbons (Fsp3) is 0.667. The molecule has 0 aliphatic heterocycles. The van der Waals surface area contributed by atoms with Gasteiger partial charge in [0.05, 0.1) is 12.8 Å². The van der Waals surface area contributed by atoms with Gasteiger partial charge in [-0.15, -0.1) is 11.3 Å². The Kier molecular flexibility index (Phi) is 5.62. The van der Waals surface area contributed by atoms with Crippen molar-refractivity contribution in [3.63, 3.8) is 0 Å². The lowest BCUT2D eigenvalue weighted by molar-refractivity contribution is -0.141. The third-order valence-electron chi connectivity index (χ3n) is 2.35. The Morgan fingerprint density at radius 1 is 1.61 bits per heavy atom. The van der Waals surface area contributed by atoms with Crippen LogP contribution in [0.25, 0.3) is 0 Å². The SMILES string of the molecule is COC(=O)C(N)CSCc1nc(C(C)(C)C)cs1. The van der Waals surface area contributed by atoms with Crippen molar-refractivity contribution in [1.82, 2.24) is 4.98 Å². The quantitative estimate of drug-likeness (QED) is 0.841. The molecule has 4 nitrogen and oxygen atoms in total. The normalized spacial score (nSPS) is 13.4. The predicted molar refractivity (Wildman–Crippen MR) is 77.0 cm³/mol. The molecule has 1 aromatic rings. The Balaban J connectivity index is 2.41. The first-order valence-electron chi connectivity index (χ1n) is 5.70. The van der Waals surface area contributed by atoms with Gasteiger partial charge in [0, 0.05) is 22.3 Å². The zero-order chi connectivity index (χ0) is 13.8. The molecular formula is C12H20N2O2S2. The largest absolute Gasteiger partial charge is 0.468 e. The van der Waals surface area contributed by atoms with Gasteiger partial charge in [0.25, 0.3) is 0 Å². The lowest BCUT2D eigenvalue weighted by Gasteiger charge is -2.14. The van der Waals surface area contributed by atoms with Crippen LogP contribution in [-0.4, -0.2) is 29.9 Å². The van der Waals surface area contributed by atoms with Gasteiger partial charge in [0.1, 0.15) is 11.0 Å². The van der Waals surface area contributed by atoms with E-state index < -0.39 is 6.04 Å².